The zero-order chi connectivity index (χ0) is 14.4. The molecule has 5 nitrogen and oxygen atoms in total. The number of carbonyl (C=O) groups is 1. The summed E-state index contributed by atoms with van der Waals surface area (Å²) in [7, 11) is 0.0950. The van der Waals surface area contributed by atoms with Gasteiger partial charge in [0.2, 0.25) is 5.91 Å². The summed E-state index contributed by atoms with van der Waals surface area (Å²) in [5, 5.41) is 2.71. The van der Waals surface area contributed by atoms with E-state index in [1.165, 1.54) is 0 Å². The highest BCUT2D eigenvalue weighted by atomic mass is 79.9. The molecule has 0 saturated carbocycles. The van der Waals surface area contributed by atoms with E-state index in [2.05, 4.69) is 21.2 Å². The van der Waals surface area contributed by atoms with Crippen molar-refractivity contribution >= 4 is 38.3 Å². The molecule has 7 heteroatoms. The summed E-state index contributed by atoms with van der Waals surface area (Å²) in [6.07, 6.45) is 0. The van der Waals surface area contributed by atoms with E-state index >= 15 is 0 Å². The van der Waals surface area contributed by atoms with Crippen LogP contribution in [0.2, 0.25) is 0 Å². The monoisotopic (exact) mass is 348 g/mol. The van der Waals surface area contributed by atoms with Crippen LogP contribution in [0.3, 0.4) is 0 Å². The minimum Gasteiger partial charge on any atom is -0.398 e. The van der Waals surface area contributed by atoms with E-state index in [9.17, 15) is 9.00 Å². The van der Waals surface area contributed by atoms with E-state index in [4.69, 9.17) is 10.5 Å². The molecule has 1 aromatic carbocycles. The minimum absolute atomic E-state index is 0.116. The van der Waals surface area contributed by atoms with Gasteiger partial charge >= 0.3 is 0 Å². The lowest BCUT2D eigenvalue weighted by atomic mass is 10.3. The highest BCUT2D eigenvalue weighted by molar-refractivity contribution is 9.10. The number of amides is 1. The first-order chi connectivity index (χ1) is 8.93. The van der Waals surface area contributed by atoms with Gasteiger partial charge in [-0.3, -0.25) is 9.00 Å². The number of hydrogen-bond acceptors (Lipinski definition) is 4. The Balaban J connectivity index is 2.64. The van der Waals surface area contributed by atoms with Crippen LogP contribution in [0.1, 0.15) is 6.92 Å². The first kappa shape index (κ1) is 16.1. The second-order valence-electron chi connectivity index (χ2n) is 4.10. The molecule has 1 aromatic rings. The van der Waals surface area contributed by atoms with Crippen LogP contribution in [0.15, 0.2) is 27.6 Å². The molecule has 0 saturated heterocycles. The number of carbonyl (C=O) groups excluding carboxylic acids is 1. The molecule has 0 fully saturated rings. The SMILES string of the molecule is COCC(C)NC(=O)CS(=O)c1cc(Br)ccc1N. The van der Waals surface area contributed by atoms with Crippen LogP contribution in [0.4, 0.5) is 5.69 Å². The topological polar surface area (TPSA) is 81.4 Å². The van der Waals surface area contributed by atoms with E-state index in [-0.39, 0.29) is 17.7 Å². The van der Waals surface area contributed by atoms with Crippen LogP contribution in [-0.2, 0) is 20.3 Å². The maximum absolute atomic E-state index is 12.1. The van der Waals surface area contributed by atoms with E-state index in [1.54, 1.807) is 25.3 Å². The first-order valence-electron chi connectivity index (χ1n) is 5.65. The molecule has 0 heterocycles. The van der Waals surface area contributed by atoms with Crippen molar-refractivity contribution in [1.82, 2.24) is 5.32 Å². The molecule has 3 N–H and O–H groups in total. The number of halogens is 1. The molecule has 1 rings (SSSR count). The quantitative estimate of drug-likeness (QED) is 0.759. The van der Waals surface area contributed by atoms with Gasteiger partial charge in [0, 0.05) is 23.3 Å². The van der Waals surface area contributed by atoms with Crippen molar-refractivity contribution in [1.29, 1.82) is 0 Å². The number of benzene rings is 1. The number of nitrogen functional groups attached to an aromatic ring is 1. The Bertz CT molecular complexity index is 482. The van der Waals surface area contributed by atoms with Crippen LogP contribution in [0.25, 0.3) is 0 Å². The molecule has 106 valence electrons. The van der Waals surface area contributed by atoms with Crippen LogP contribution in [0.5, 0.6) is 0 Å². The molecule has 0 aliphatic heterocycles. The predicted octanol–water partition coefficient (Wildman–Crippen LogP) is 1.29. The van der Waals surface area contributed by atoms with Crippen molar-refractivity contribution in [3.05, 3.63) is 22.7 Å². The van der Waals surface area contributed by atoms with Crippen LogP contribution in [-0.4, -0.2) is 35.6 Å². The molecule has 19 heavy (non-hydrogen) atoms. The smallest absolute Gasteiger partial charge is 0.233 e. The van der Waals surface area contributed by atoms with Gasteiger partial charge in [0.25, 0.3) is 0 Å². The second kappa shape index (κ2) is 7.62. The van der Waals surface area contributed by atoms with E-state index in [0.29, 0.717) is 17.2 Å². The van der Waals surface area contributed by atoms with E-state index in [1.807, 2.05) is 6.92 Å². The summed E-state index contributed by atoms with van der Waals surface area (Å²) < 4.78 is 17.8. The third-order valence-electron chi connectivity index (χ3n) is 2.31. The largest absolute Gasteiger partial charge is 0.398 e. The van der Waals surface area contributed by atoms with Gasteiger partial charge in [0.1, 0.15) is 5.75 Å². The highest BCUT2D eigenvalue weighted by Crippen LogP contribution is 2.21. The predicted molar refractivity (Wildman–Crippen MR) is 79.3 cm³/mol. The Morgan fingerprint density at radius 3 is 2.89 bits per heavy atom. The number of anilines is 1. The molecule has 0 spiro atoms. The molecule has 1 amide bonds. The summed E-state index contributed by atoms with van der Waals surface area (Å²) in [6, 6.07) is 4.96. The Kier molecular flexibility index (Phi) is 6.47. The van der Waals surface area contributed by atoms with E-state index < -0.39 is 10.8 Å². The van der Waals surface area contributed by atoms with Gasteiger partial charge in [0.15, 0.2) is 0 Å². The van der Waals surface area contributed by atoms with E-state index in [0.717, 1.165) is 4.47 Å². The Labute approximate surface area is 123 Å². The summed E-state index contributed by atoms with van der Waals surface area (Å²) >= 11 is 3.28. The zero-order valence-corrected chi connectivity index (χ0v) is 13.2. The lowest BCUT2D eigenvalue weighted by Crippen LogP contribution is -2.38. The Hall–Kier alpha value is -0.920. The fourth-order valence-electron chi connectivity index (χ4n) is 1.51. The molecular weight excluding hydrogens is 332 g/mol. The number of methoxy groups -OCH3 is 1. The van der Waals surface area contributed by atoms with Gasteiger partial charge in [-0.2, -0.15) is 0 Å². The van der Waals surface area contributed by atoms with Gasteiger partial charge in [-0.05, 0) is 25.1 Å². The fourth-order valence-corrected chi connectivity index (χ4v) is 3.09. The molecule has 2 unspecified atom stereocenters. The van der Waals surface area contributed by atoms with Gasteiger partial charge in [-0.1, -0.05) is 15.9 Å². The highest BCUT2D eigenvalue weighted by Gasteiger charge is 2.15. The number of ether oxygens (including phenoxy) is 1. The maximum Gasteiger partial charge on any atom is 0.233 e. The van der Waals surface area contributed by atoms with Gasteiger partial charge < -0.3 is 15.8 Å². The first-order valence-corrected chi connectivity index (χ1v) is 7.77. The lowest BCUT2D eigenvalue weighted by Gasteiger charge is -2.13. The molecule has 0 bridgehead atoms. The van der Waals surface area contributed by atoms with Crippen molar-refractivity contribution in [3.63, 3.8) is 0 Å². The molecular formula is C12H17BrN2O3S. The van der Waals surface area contributed by atoms with Crippen molar-refractivity contribution in [2.24, 2.45) is 0 Å². The van der Waals surface area contributed by atoms with Gasteiger partial charge in [0.05, 0.1) is 22.3 Å². The van der Waals surface area contributed by atoms with Crippen molar-refractivity contribution in [2.75, 3.05) is 25.2 Å². The maximum atomic E-state index is 12.1. The third-order valence-corrected chi connectivity index (χ3v) is 4.17. The zero-order valence-electron chi connectivity index (χ0n) is 10.8. The van der Waals surface area contributed by atoms with Crippen LogP contribution in [0, 0.1) is 0 Å². The average Bonchev–Trinajstić information content (AvgIpc) is 2.32. The lowest BCUT2D eigenvalue weighted by molar-refractivity contribution is -0.119. The molecule has 0 aromatic heterocycles. The Morgan fingerprint density at radius 2 is 2.26 bits per heavy atom. The van der Waals surface area contributed by atoms with Gasteiger partial charge in [-0.25, -0.2) is 0 Å². The number of nitrogens with one attached hydrogen (secondary N) is 1. The van der Waals surface area contributed by atoms with Crippen LogP contribution < -0.4 is 11.1 Å². The summed E-state index contributed by atoms with van der Waals surface area (Å²) in [4.78, 5) is 12.2. The second-order valence-corrected chi connectivity index (χ2v) is 6.43. The summed E-state index contributed by atoms with van der Waals surface area (Å²) in [5.74, 6) is -0.406. The van der Waals surface area contributed by atoms with Crippen LogP contribution >= 0.6 is 15.9 Å². The third kappa shape index (κ3) is 5.30. The molecule has 0 radical (unpaired) electrons. The van der Waals surface area contributed by atoms with Crippen molar-refractivity contribution < 1.29 is 13.7 Å². The van der Waals surface area contributed by atoms with Crippen molar-refractivity contribution in [2.45, 2.75) is 17.9 Å². The normalized spacial score (nSPS) is 13.8. The number of rotatable bonds is 6. The Morgan fingerprint density at radius 1 is 1.58 bits per heavy atom. The molecule has 0 aliphatic rings. The summed E-state index contributed by atoms with van der Waals surface area (Å²) in [5.41, 5.74) is 6.17. The molecule has 0 aliphatic carbocycles. The minimum atomic E-state index is -1.46. The fraction of sp³-hybridized carbons (Fsp3) is 0.417. The standard InChI is InChI=1S/C12H17BrN2O3S/c1-8(6-18-2)15-12(16)7-19(17)11-5-9(13)3-4-10(11)14/h3-5,8H,6-7,14H2,1-2H3,(H,15,16). The summed E-state index contributed by atoms with van der Waals surface area (Å²) in [6.45, 7) is 2.23. The average molecular weight is 349 g/mol. The van der Waals surface area contributed by atoms with Gasteiger partial charge in [-0.15, -0.1) is 0 Å². The van der Waals surface area contributed by atoms with Crippen molar-refractivity contribution in [3.8, 4) is 0 Å². The number of nitrogens with two attached hydrogens (primary N) is 1. The molecule has 2 atom stereocenters. The number of hydrogen-bond donors (Lipinski definition) is 2.